The normalized spacial score (nSPS) is 20.2. The van der Waals surface area contributed by atoms with Gasteiger partial charge in [-0.1, -0.05) is 17.7 Å². The van der Waals surface area contributed by atoms with Gasteiger partial charge in [-0.05, 0) is 55.3 Å². The van der Waals surface area contributed by atoms with Crippen molar-refractivity contribution in [2.75, 3.05) is 51.3 Å². The maximum absolute atomic E-state index is 13.2. The van der Waals surface area contributed by atoms with Gasteiger partial charge >= 0.3 is 0 Å². The number of piperidine rings is 1. The van der Waals surface area contributed by atoms with Crippen molar-refractivity contribution in [1.82, 2.24) is 9.21 Å². The van der Waals surface area contributed by atoms with Crippen LogP contribution in [0.5, 0.6) is 5.75 Å². The first kappa shape index (κ1) is 22.9. The lowest BCUT2D eigenvalue weighted by Gasteiger charge is -2.39. The maximum atomic E-state index is 13.2. The van der Waals surface area contributed by atoms with Gasteiger partial charge in [0.2, 0.25) is 15.9 Å². The summed E-state index contributed by atoms with van der Waals surface area (Å²) in [7, 11) is -2.11. The second kappa shape index (κ2) is 9.68. The Hall–Kier alpha value is -2.29. The molecule has 1 atom stereocenters. The van der Waals surface area contributed by atoms with E-state index in [1.165, 1.54) is 4.31 Å². The standard InChI is InChI=1S/C23H28ClN3O4S/c1-31-21-7-9-22(10-8-21)32(29,30)27-11-3-4-18(17-27)23(28)26-14-12-25(13-15-26)20-6-2-5-19(24)16-20/h2,5-10,16,18H,3-4,11-15,17H2,1H3/t18-/m0/s1. The molecule has 2 heterocycles. The fourth-order valence-electron chi connectivity index (χ4n) is 4.38. The Labute approximate surface area is 194 Å². The molecule has 0 bridgehead atoms. The van der Waals surface area contributed by atoms with Crippen molar-refractivity contribution in [1.29, 1.82) is 0 Å². The first-order chi connectivity index (χ1) is 15.4. The summed E-state index contributed by atoms with van der Waals surface area (Å²) in [5.74, 6) is 0.340. The molecule has 0 spiro atoms. The molecule has 0 unspecified atom stereocenters. The van der Waals surface area contributed by atoms with Gasteiger partial charge in [-0.3, -0.25) is 4.79 Å². The number of rotatable bonds is 5. The van der Waals surface area contributed by atoms with E-state index in [-0.39, 0.29) is 23.3 Å². The van der Waals surface area contributed by atoms with Crippen LogP contribution in [-0.2, 0) is 14.8 Å². The van der Waals surface area contributed by atoms with E-state index in [0.717, 1.165) is 18.8 Å². The minimum Gasteiger partial charge on any atom is -0.497 e. The lowest BCUT2D eigenvalue weighted by atomic mass is 9.97. The number of hydrogen-bond donors (Lipinski definition) is 0. The molecule has 0 radical (unpaired) electrons. The number of carbonyl (C=O) groups is 1. The highest BCUT2D eigenvalue weighted by Crippen LogP contribution is 2.27. The molecule has 2 saturated heterocycles. The summed E-state index contributed by atoms with van der Waals surface area (Å²) in [4.78, 5) is 17.5. The Balaban J connectivity index is 1.38. The van der Waals surface area contributed by atoms with Crippen molar-refractivity contribution in [3.05, 3.63) is 53.6 Å². The fourth-order valence-corrected chi connectivity index (χ4v) is 6.08. The third-order valence-corrected chi connectivity index (χ3v) is 8.31. The summed E-state index contributed by atoms with van der Waals surface area (Å²) < 4.78 is 32.8. The lowest BCUT2D eigenvalue weighted by molar-refractivity contribution is -0.137. The average molecular weight is 478 g/mol. The Bertz CT molecular complexity index is 1050. The molecule has 2 aromatic rings. The van der Waals surface area contributed by atoms with Gasteiger partial charge in [0.25, 0.3) is 0 Å². The van der Waals surface area contributed by atoms with E-state index in [4.69, 9.17) is 16.3 Å². The zero-order valence-corrected chi connectivity index (χ0v) is 19.7. The van der Waals surface area contributed by atoms with Crippen molar-refractivity contribution in [2.45, 2.75) is 17.7 Å². The Kier molecular flexibility index (Phi) is 6.93. The zero-order chi connectivity index (χ0) is 22.7. The van der Waals surface area contributed by atoms with E-state index in [2.05, 4.69) is 4.90 Å². The van der Waals surface area contributed by atoms with E-state index in [0.29, 0.717) is 43.2 Å². The molecule has 2 aliphatic rings. The number of amides is 1. The Morgan fingerprint density at radius 3 is 2.41 bits per heavy atom. The minimum absolute atomic E-state index is 0.0466. The highest BCUT2D eigenvalue weighted by Gasteiger charge is 2.35. The van der Waals surface area contributed by atoms with Gasteiger partial charge in [0, 0.05) is 50.0 Å². The predicted octanol–water partition coefficient (Wildman–Crippen LogP) is 3.10. The van der Waals surface area contributed by atoms with Crippen LogP contribution in [0.2, 0.25) is 5.02 Å². The Morgan fingerprint density at radius 1 is 1.03 bits per heavy atom. The molecule has 2 aromatic carbocycles. The molecule has 9 heteroatoms. The molecule has 32 heavy (non-hydrogen) atoms. The molecule has 172 valence electrons. The van der Waals surface area contributed by atoms with E-state index in [1.54, 1.807) is 31.4 Å². The molecule has 1 amide bonds. The molecule has 4 rings (SSSR count). The van der Waals surface area contributed by atoms with Crippen LogP contribution in [0.3, 0.4) is 0 Å². The predicted molar refractivity (Wildman–Crippen MR) is 125 cm³/mol. The van der Waals surface area contributed by atoms with Crippen LogP contribution in [0, 0.1) is 5.92 Å². The fraction of sp³-hybridized carbons (Fsp3) is 0.435. The van der Waals surface area contributed by atoms with E-state index in [9.17, 15) is 13.2 Å². The number of piperazine rings is 1. The second-order valence-corrected chi connectivity index (χ2v) is 10.5. The number of anilines is 1. The molecule has 2 fully saturated rings. The van der Waals surface area contributed by atoms with Crippen molar-refractivity contribution in [3.63, 3.8) is 0 Å². The van der Waals surface area contributed by atoms with Gasteiger partial charge in [-0.25, -0.2) is 8.42 Å². The minimum atomic E-state index is -3.65. The maximum Gasteiger partial charge on any atom is 0.243 e. The topological polar surface area (TPSA) is 70.2 Å². The Morgan fingerprint density at radius 2 is 1.75 bits per heavy atom. The van der Waals surface area contributed by atoms with Crippen LogP contribution in [0.1, 0.15) is 12.8 Å². The van der Waals surface area contributed by atoms with Crippen molar-refractivity contribution in [3.8, 4) is 5.75 Å². The zero-order valence-electron chi connectivity index (χ0n) is 18.1. The van der Waals surface area contributed by atoms with E-state index < -0.39 is 10.0 Å². The number of nitrogens with zero attached hydrogens (tertiary/aromatic N) is 3. The highest BCUT2D eigenvalue weighted by atomic mass is 35.5. The first-order valence-electron chi connectivity index (χ1n) is 10.8. The number of carbonyl (C=O) groups excluding carboxylic acids is 1. The van der Waals surface area contributed by atoms with Crippen molar-refractivity contribution >= 4 is 33.2 Å². The van der Waals surface area contributed by atoms with Gasteiger partial charge in [0.05, 0.1) is 17.9 Å². The molecular weight excluding hydrogens is 450 g/mol. The molecule has 2 aliphatic heterocycles. The second-order valence-electron chi connectivity index (χ2n) is 8.17. The van der Waals surface area contributed by atoms with Gasteiger partial charge in [-0.15, -0.1) is 0 Å². The van der Waals surface area contributed by atoms with E-state index in [1.807, 2.05) is 29.2 Å². The molecule has 7 nitrogen and oxygen atoms in total. The number of halogens is 1. The van der Waals surface area contributed by atoms with Crippen LogP contribution < -0.4 is 9.64 Å². The van der Waals surface area contributed by atoms with Gasteiger partial charge in [-0.2, -0.15) is 4.31 Å². The van der Waals surface area contributed by atoms with Crippen LogP contribution in [0.25, 0.3) is 0 Å². The van der Waals surface area contributed by atoms with Crippen molar-refractivity contribution in [2.24, 2.45) is 5.92 Å². The van der Waals surface area contributed by atoms with Crippen molar-refractivity contribution < 1.29 is 17.9 Å². The highest BCUT2D eigenvalue weighted by molar-refractivity contribution is 7.89. The molecule has 0 saturated carbocycles. The largest absolute Gasteiger partial charge is 0.497 e. The van der Waals surface area contributed by atoms with E-state index >= 15 is 0 Å². The number of benzene rings is 2. The quantitative estimate of drug-likeness (QED) is 0.661. The third kappa shape index (κ3) is 4.87. The van der Waals surface area contributed by atoms with Crippen LogP contribution in [0.15, 0.2) is 53.4 Å². The van der Waals surface area contributed by atoms with Gasteiger partial charge in [0.15, 0.2) is 0 Å². The average Bonchev–Trinajstić information content (AvgIpc) is 2.84. The number of ether oxygens (including phenoxy) is 1. The molecular formula is C23H28ClN3O4S. The number of methoxy groups -OCH3 is 1. The summed E-state index contributed by atoms with van der Waals surface area (Å²) in [5, 5.41) is 0.696. The smallest absolute Gasteiger partial charge is 0.243 e. The van der Waals surface area contributed by atoms with Gasteiger partial charge < -0.3 is 14.5 Å². The molecule has 0 N–H and O–H groups in total. The summed E-state index contributed by atoms with van der Waals surface area (Å²) in [6, 6.07) is 14.1. The van der Waals surface area contributed by atoms with Crippen LogP contribution >= 0.6 is 11.6 Å². The number of sulfonamides is 1. The summed E-state index contributed by atoms with van der Waals surface area (Å²) in [6.07, 6.45) is 1.39. The summed E-state index contributed by atoms with van der Waals surface area (Å²) in [5.41, 5.74) is 1.05. The molecule has 0 aliphatic carbocycles. The van der Waals surface area contributed by atoms with Crippen LogP contribution in [0.4, 0.5) is 5.69 Å². The first-order valence-corrected chi connectivity index (χ1v) is 12.6. The third-order valence-electron chi connectivity index (χ3n) is 6.20. The number of hydrogen-bond acceptors (Lipinski definition) is 5. The van der Waals surface area contributed by atoms with Crippen LogP contribution in [-0.4, -0.2) is 69.9 Å². The van der Waals surface area contributed by atoms with Gasteiger partial charge in [0.1, 0.15) is 5.75 Å². The summed E-state index contributed by atoms with van der Waals surface area (Å²) in [6.45, 7) is 3.35. The SMILES string of the molecule is COc1ccc(S(=O)(=O)N2CCC[C@H](C(=O)N3CCN(c4cccc(Cl)c4)CC3)C2)cc1. The summed E-state index contributed by atoms with van der Waals surface area (Å²) >= 11 is 6.10. The molecule has 0 aromatic heterocycles. The monoisotopic (exact) mass is 477 g/mol. The lowest BCUT2D eigenvalue weighted by Crippen LogP contribution is -2.53.